The molecular weight excluding hydrogens is 286 g/mol. The van der Waals surface area contributed by atoms with Crippen molar-refractivity contribution in [3.8, 4) is 0 Å². The van der Waals surface area contributed by atoms with Crippen molar-refractivity contribution in [3.63, 3.8) is 0 Å². The second kappa shape index (κ2) is 9.18. The second-order valence-corrected chi connectivity index (χ2v) is 5.41. The van der Waals surface area contributed by atoms with Crippen molar-refractivity contribution in [2.75, 3.05) is 12.8 Å². The molecule has 0 aromatic rings. The van der Waals surface area contributed by atoms with Gasteiger partial charge in [-0.05, 0) is 19.1 Å². The highest BCUT2D eigenvalue weighted by molar-refractivity contribution is 8.00. The molecule has 0 spiro atoms. The number of hydrogen-bond donors (Lipinski definition) is 4. The molecule has 0 fully saturated rings. The quantitative estimate of drug-likeness (QED) is 0.504. The number of carboxylic acid groups (broad SMARTS) is 1. The number of urea groups is 1. The number of carbonyl (C=O) groups is 4. The van der Waals surface area contributed by atoms with E-state index in [0.29, 0.717) is 5.75 Å². The molecule has 20 heavy (non-hydrogen) atoms. The molecule has 0 heterocycles. The Hall–Kier alpha value is -1.77. The monoisotopic (exact) mass is 305 g/mol. The van der Waals surface area contributed by atoms with Crippen molar-refractivity contribution in [1.82, 2.24) is 16.0 Å². The lowest BCUT2D eigenvalue weighted by Gasteiger charge is -2.15. The van der Waals surface area contributed by atoms with E-state index in [-0.39, 0.29) is 6.42 Å². The first-order valence-electron chi connectivity index (χ1n) is 5.92. The lowest BCUT2D eigenvalue weighted by atomic mass is 10.2. The van der Waals surface area contributed by atoms with Gasteiger partial charge in [0.1, 0.15) is 6.04 Å². The lowest BCUT2D eigenvalue weighted by molar-refractivity contribution is -0.141. The normalized spacial score (nSPS) is 12.9. The Bertz CT molecular complexity index is 388. The maximum absolute atomic E-state index is 11.5. The SMILES string of the molecule is CNC(=O)NC(=O)C(C)SCCC(NC(C)=O)C(=O)O. The highest BCUT2D eigenvalue weighted by Gasteiger charge is 2.20. The van der Waals surface area contributed by atoms with E-state index in [1.54, 1.807) is 6.92 Å². The minimum absolute atomic E-state index is 0.192. The fourth-order valence-corrected chi connectivity index (χ4v) is 2.15. The van der Waals surface area contributed by atoms with Crippen molar-refractivity contribution in [1.29, 1.82) is 0 Å². The highest BCUT2D eigenvalue weighted by atomic mass is 32.2. The van der Waals surface area contributed by atoms with Gasteiger partial charge in [0.05, 0.1) is 5.25 Å². The Morgan fingerprint density at radius 3 is 2.30 bits per heavy atom. The van der Waals surface area contributed by atoms with Gasteiger partial charge in [-0.3, -0.25) is 14.9 Å². The van der Waals surface area contributed by atoms with Crippen molar-refractivity contribution in [3.05, 3.63) is 0 Å². The number of amides is 4. The molecule has 0 rings (SSSR count). The average molecular weight is 305 g/mol. The Kier molecular flexibility index (Phi) is 8.37. The Balaban J connectivity index is 4.13. The molecule has 0 aromatic heterocycles. The fourth-order valence-electron chi connectivity index (χ4n) is 1.22. The topological polar surface area (TPSA) is 125 Å². The van der Waals surface area contributed by atoms with Crippen molar-refractivity contribution in [2.24, 2.45) is 0 Å². The van der Waals surface area contributed by atoms with E-state index >= 15 is 0 Å². The number of imide groups is 1. The zero-order valence-corrected chi connectivity index (χ0v) is 12.4. The number of nitrogens with one attached hydrogen (secondary N) is 3. The minimum Gasteiger partial charge on any atom is -0.480 e. The van der Waals surface area contributed by atoms with Gasteiger partial charge < -0.3 is 15.7 Å². The molecule has 0 aliphatic heterocycles. The van der Waals surface area contributed by atoms with Crippen LogP contribution < -0.4 is 16.0 Å². The Morgan fingerprint density at radius 1 is 1.25 bits per heavy atom. The summed E-state index contributed by atoms with van der Waals surface area (Å²) in [6.07, 6.45) is 0.192. The van der Waals surface area contributed by atoms with Crippen LogP contribution in [0.1, 0.15) is 20.3 Å². The lowest BCUT2D eigenvalue weighted by Crippen LogP contribution is -2.42. The molecule has 8 nitrogen and oxygen atoms in total. The summed E-state index contributed by atoms with van der Waals surface area (Å²) in [5, 5.41) is 15.1. The van der Waals surface area contributed by atoms with E-state index < -0.39 is 35.1 Å². The van der Waals surface area contributed by atoms with E-state index in [1.807, 2.05) is 0 Å². The molecule has 4 amide bonds. The molecule has 2 unspecified atom stereocenters. The molecule has 9 heteroatoms. The summed E-state index contributed by atoms with van der Waals surface area (Å²) in [5.41, 5.74) is 0. The van der Waals surface area contributed by atoms with Crippen LogP contribution >= 0.6 is 11.8 Å². The van der Waals surface area contributed by atoms with Gasteiger partial charge >= 0.3 is 12.0 Å². The van der Waals surface area contributed by atoms with E-state index in [2.05, 4.69) is 16.0 Å². The minimum atomic E-state index is -1.12. The van der Waals surface area contributed by atoms with E-state index in [4.69, 9.17) is 5.11 Å². The maximum atomic E-state index is 11.5. The number of rotatable bonds is 7. The van der Waals surface area contributed by atoms with E-state index in [0.717, 1.165) is 0 Å². The van der Waals surface area contributed by atoms with Crippen LogP contribution in [0.2, 0.25) is 0 Å². The zero-order valence-electron chi connectivity index (χ0n) is 11.6. The first-order chi connectivity index (χ1) is 9.27. The van der Waals surface area contributed by atoms with Crippen LogP contribution in [0.25, 0.3) is 0 Å². The van der Waals surface area contributed by atoms with Gasteiger partial charge in [-0.2, -0.15) is 0 Å². The zero-order chi connectivity index (χ0) is 15.7. The summed E-state index contributed by atoms with van der Waals surface area (Å²) in [4.78, 5) is 44.2. The summed E-state index contributed by atoms with van der Waals surface area (Å²) in [6, 6.07) is -1.57. The first kappa shape index (κ1) is 18.2. The van der Waals surface area contributed by atoms with Crippen LogP contribution in [-0.4, -0.2) is 53.0 Å². The number of carbonyl (C=O) groups excluding carboxylic acids is 3. The van der Waals surface area contributed by atoms with Crippen LogP contribution in [0.3, 0.4) is 0 Å². The smallest absolute Gasteiger partial charge is 0.326 e. The molecule has 114 valence electrons. The molecule has 0 saturated heterocycles. The second-order valence-electron chi connectivity index (χ2n) is 3.96. The standard InChI is InChI=1S/C11H19N3O5S/c1-6(9(16)14-11(19)12-3)20-5-4-8(10(17)18)13-7(2)15/h6,8H,4-5H2,1-3H3,(H,13,15)(H,17,18)(H2,12,14,16,19). The van der Waals surface area contributed by atoms with Crippen molar-refractivity contribution < 1.29 is 24.3 Å². The summed E-state index contributed by atoms with van der Waals surface area (Å²) in [6.45, 7) is 2.85. The van der Waals surface area contributed by atoms with Crippen LogP contribution in [0, 0.1) is 0 Å². The Morgan fingerprint density at radius 2 is 1.85 bits per heavy atom. The largest absolute Gasteiger partial charge is 0.480 e. The number of thioether (sulfide) groups is 1. The van der Waals surface area contributed by atoms with Gasteiger partial charge in [0.25, 0.3) is 0 Å². The van der Waals surface area contributed by atoms with Crippen LogP contribution in [0.5, 0.6) is 0 Å². The number of carboxylic acids is 1. The Labute approximate surface area is 121 Å². The maximum Gasteiger partial charge on any atom is 0.326 e. The van der Waals surface area contributed by atoms with Gasteiger partial charge in [-0.15, -0.1) is 11.8 Å². The molecule has 2 atom stereocenters. The van der Waals surface area contributed by atoms with E-state index in [9.17, 15) is 19.2 Å². The third-order valence-corrected chi connectivity index (χ3v) is 3.47. The third-order valence-electron chi connectivity index (χ3n) is 2.28. The predicted octanol–water partition coefficient (Wildman–Crippen LogP) is -0.457. The molecular formula is C11H19N3O5S. The van der Waals surface area contributed by atoms with Gasteiger partial charge in [0, 0.05) is 14.0 Å². The van der Waals surface area contributed by atoms with Gasteiger partial charge in [-0.1, -0.05) is 0 Å². The van der Waals surface area contributed by atoms with Gasteiger partial charge in [0.2, 0.25) is 11.8 Å². The number of aliphatic carboxylic acids is 1. The molecule has 0 radical (unpaired) electrons. The van der Waals surface area contributed by atoms with Gasteiger partial charge in [0.15, 0.2) is 0 Å². The van der Waals surface area contributed by atoms with Crippen molar-refractivity contribution in [2.45, 2.75) is 31.6 Å². The van der Waals surface area contributed by atoms with Crippen LogP contribution in [0.4, 0.5) is 4.79 Å². The number of hydrogen-bond acceptors (Lipinski definition) is 5. The summed E-state index contributed by atoms with van der Waals surface area (Å²) in [5.74, 6) is -1.64. The molecule has 0 bridgehead atoms. The van der Waals surface area contributed by atoms with Crippen molar-refractivity contribution >= 4 is 35.6 Å². The first-order valence-corrected chi connectivity index (χ1v) is 6.96. The van der Waals surface area contributed by atoms with Gasteiger partial charge in [-0.25, -0.2) is 9.59 Å². The van der Waals surface area contributed by atoms with Crippen LogP contribution in [0.15, 0.2) is 0 Å². The molecule has 0 aromatic carbocycles. The van der Waals surface area contributed by atoms with E-state index in [1.165, 1.54) is 25.7 Å². The molecule has 4 N–H and O–H groups in total. The fraction of sp³-hybridized carbons (Fsp3) is 0.636. The molecule has 0 aliphatic carbocycles. The molecule has 0 aliphatic rings. The predicted molar refractivity (Wildman–Crippen MR) is 74.4 cm³/mol. The average Bonchev–Trinajstić information content (AvgIpc) is 2.36. The van der Waals surface area contributed by atoms with Crippen LogP contribution in [-0.2, 0) is 14.4 Å². The summed E-state index contributed by atoms with van der Waals surface area (Å²) >= 11 is 1.20. The molecule has 0 saturated carbocycles. The third kappa shape index (κ3) is 7.62. The summed E-state index contributed by atoms with van der Waals surface area (Å²) < 4.78 is 0. The summed E-state index contributed by atoms with van der Waals surface area (Å²) in [7, 11) is 1.39. The highest BCUT2D eigenvalue weighted by Crippen LogP contribution is 2.13.